The van der Waals surface area contributed by atoms with Gasteiger partial charge in [0.1, 0.15) is 6.07 Å². The molecule has 0 unspecified atom stereocenters. The van der Waals surface area contributed by atoms with E-state index >= 15 is 0 Å². The summed E-state index contributed by atoms with van der Waals surface area (Å²) in [5, 5.41) is 13.3. The molecule has 4 rings (SSSR count). The third-order valence-corrected chi connectivity index (χ3v) is 6.12. The lowest BCUT2D eigenvalue weighted by Gasteiger charge is -2.22. The van der Waals surface area contributed by atoms with Crippen LogP contribution in [0.5, 0.6) is 0 Å². The number of hydrogen-bond acceptors (Lipinski definition) is 3. The molecule has 0 aliphatic heterocycles. The summed E-state index contributed by atoms with van der Waals surface area (Å²) in [4.78, 5) is 11.8. The molecule has 2 aromatic rings. The molecule has 0 saturated heterocycles. The fraction of sp³-hybridized carbons (Fsp3) is 0.450. The maximum absolute atomic E-state index is 11.8. The van der Waals surface area contributed by atoms with E-state index in [1.807, 2.05) is 29.1 Å². The molecular weight excluding hydrogens is 312 g/mol. The number of nitriles is 1. The molecule has 2 aliphatic rings. The van der Waals surface area contributed by atoms with Gasteiger partial charge in [-0.1, -0.05) is 25.1 Å². The Morgan fingerprint density at radius 2 is 2.12 bits per heavy atom. The molecule has 128 valence electrons. The van der Waals surface area contributed by atoms with Gasteiger partial charge in [0, 0.05) is 11.8 Å². The summed E-state index contributed by atoms with van der Waals surface area (Å²) < 4.78 is 1.96. The molecule has 25 heavy (non-hydrogen) atoms. The van der Waals surface area contributed by atoms with Crippen LogP contribution in [0, 0.1) is 29.1 Å². The molecule has 1 aromatic carbocycles. The summed E-state index contributed by atoms with van der Waals surface area (Å²) in [6.45, 7) is 2.20. The van der Waals surface area contributed by atoms with Gasteiger partial charge in [-0.25, -0.2) is 0 Å². The van der Waals surface area contributed by atoms with Gasteiger partial charge in [0.05, 0.1) is 17.8 Å². The molecule has 2 saturated carbocycles. The van der Waals surface area contributed by atoms with Gasteiger partial charge >= 0.3 is 0 Å². The van der Waals surface area contributed by atoms with Crippen molar-refractivity contribution in [2.24, 2.45) is 23.5 Å². The Morgan fingerprint density at radius 3 is 2.72 bits per heavy atom. The van der Waals surface area contributed by atoms with E-state index in [4.69, 9.17) is 11.0 Å². The van der Waals surface area contributed by atoms with Crippen molar-refractivity contribution in [3.8, 4) is 6.07 Å². The van der Waals surface area contributed by atoms with Crippen LogP contribution in [0.3, 0.4) is 0 Å². The third-order valence-electron chi connectivity index (χ3n) is 6.12. The van der Waals surface area contributed by atoms with E-state index < -0.39 is 0 Å². The maximum Gasteiger partial charge on any atom is 0.248 e. The molecule has 5 heteroatoms. The molecule has 2 aliphatic carbocycles. The largest absolute Gasteiger partial charge is 0.366 e. The number of nitrogens with two attached hydrogens (primary N) is 1. The zero-order chi connectivity index (χ0) is 17.6. The predicted molar refractivity (Wildman–Crippen MR) is 93.7 cm³/mol. The van der Waals surface area contributed by atoms with Crippen molar-refractivity contribution in [2.45, 2.75) is 38.1 Å². The molecule has 2 fully saturated rings. The molecule has 2 N–H and O–H groups in total. The number of primary amides is 1. The van der Waals surface area contributed by atoms with Crippen LogP contribution in [0.4, 0.5) is 0 Å². The molecule has 1 aromatic heterocycles. The van der Waals surface area contributed by atoms with Gasteiger partial charge in [0.15, 0.2) is 0 Å². The van der Waals surface area contributed by atoms with Gasteiger partial charge in [0.25, 0.3) is 0 Å². The monoisotopic (exact) mass is 334 g/mol. The Labute approximate surface area is 147 Å². The van der Waals surface area contributed by atoms with Crippen molar-refractivity contribution in [1.82, 2.24) is 9.78 Å². The zero-order valence-electron chi connectivity index (χ0n) is 14.3. The van der Waals surface area contributed by atoms with Crippen LogP contribution in [0.15, 0.2) is 36.7 Å². The molecule has 5 nitrogen and oxygen atoms in total. The molecular formula is C20H22N4O. The fourth-order valence-electron chi connectivity index (χ4n) is 5.02. The van der Waals surface area contributed by atoms with E-state index in [0.717, 1.165) is 24.8 Å². The number of carbonyl (C=O) groups excluding carboxylic acids is 1. The topological polar surface area (TPSA) is 84.7 Å². The highest BCUT2D eigenvalue weighted by molar-refractivity contribution is 5.94. The first kappa shape index (κ1) is 15.9. The van der Waals surface area contributed by atoms with Gasteiger partial charge in [-0.05, 0) is 54.6 Å². The summed E-state index contributed by atoms with van der Waals surface area (Å²) in [7, 11) is 0. The third kappa shape index (κ3) is 2.62. The minimum absolute atomic E-state index is 0.335. The second-order valence-electron chi connectivity index (χ2n) is 7.32. The van der Waals surface area contributed by atoms with Gasteiger partial charge in [-0.2, -0.15) is 10.4 Å². The molecule has 0 bridgehead atoms. The van der Waals surface area contributed by atoms with E-state index in [1.165, 1.54) is 0 Å². The summed E-state index contributed by atoms with van der Waals surface area (Å²) in [5.41, 5.74) is 7.98. The minimum Gasteiger partial charge on any atom is -0.366 e. The van der Waals surface area contributed by atoms with Gasteiger partial charge < -0.3 is 5.73 Å². The highest BCUT2D eigenvalue weighted by atomic mass is 16.1. The standard InChI is InChI=1S/C20H22N4O/c1-2-14(15-5-3-4-6-16(15)20(22)25)19-17-7-13(8-18(17)19)24-11-12(9-21)10-23-24/h3-6,10-11,13-14,17-19H,2,7-8H2,1H3,(H2,22,25)/t13?,14-,17+,18+,19?/m0/s1. The highest BCUT2D eigenvalue weighted by Crippen LogP contribution is 2.66. The lowest BCUT2D eigenvalue weighted by atomic mass is 9.84. The van der Waals surface area contributed by atoms with Crippen molar-refractivity contribution in [2.75, 3.05) is 0 Å². The number of carbonyl (C=O) groups is 1. The van der Waals surface area contributed by atoms with Crippen molar-refractivity contribution in [3.05, 3.63) is 53.3 Å². The second kappa shape index (κ2) is 6.03. The first-order chi connectivity index (χ1) is 12.1. The number of fused-ring (bicyclic) bond motifs is 1. The normalized spacial score (nSPS) is 26.0. The first-order valence-electron chi connectivity index (χ1n) is 8.97. The van der Waals surface area contributed by atoms with Crippen LogP contribution in [0.2, 0.25) is 0 Å². The number of rotatable bonds is 5. The highest BCUT2D eigenvalue weighted by Gasteiger charge is 2.59. The fourth-order valence-corrected chi connectivity index (χ4v) is 5.02. The van der Waals surface area contributed by atoms with Gasteiger partial charge in [0.2, 0.25) is 5.91 Å². The Kier molecular flexibility index (Phi) is 3.84. The van der Waals surface area contributed by atoms with E-state index in [2.05, 4.69) is 24.2 Å². The van der Waals surface area contributed by atoms with Gasteiger partial charge in [-0.3, -0.25) is 9.48 Å². The van der Waals surface area contributed by atoms with Crippen LogP contribution in [-0.4, -0.2) is 15.7 Å². The molecule has 0 radical (unpaired) electrons. The SMILES string of the molecule is CC[C@@H](c1ccccc1C(N)=O)C1[C@@H]2CC(n3cc(C#N)cn3)C[C@@H]12. The second-order valence-corrected chi connectivity index (χ2v) is 7.32. The van der Waals surface area contributed by atoms with Crippen molar-refractivity contribution in [1.29, 1.82) is 5.26 Å². The summed E-state index contributed by atoms with van der Waals surface area (Å²) in [5.74, 6) is 2.06. The number of hydrogen-bond donors (Lipinski definition) is 1. The average molecular weight is 334 g/mol. The summed E-state index contributed by atoms with van der Waals surface area (Å²) in [6.07, 6.45) is 6.73. The Bertz CT molecular complexity index is 837. The van der Waals surface area contributed by atoms with Crippen LogP contribution in [0.1, 0.15) is 59.6 Å². The number of nitrogens with zero attached hydrogens (tertiary/aromatic N) is 3. The van der Waals surface area contributed by atoms with E-state index in [-0.39, 0.29) is 5.91 Å². The quantitative estimate of drug-likeness (QED) is 0.911. The summed E-state index contributed by atoms with van der Waals surface area (Å²) in [6, 6.07) is 10.3. The van der Waals surface area contributed by atoms with Crippen molar-refractivity contribution in [3.63, 3.8) is 0 Å². The number of aromatic nitrogens is 2. The van der Waals surface area contributed by atoms with Crippen LogP contribution >= 0.6 is 0 Å². The van der Waals surface area contributed by atoms with Gasteiger partial charge in [-0.15, -0.1) is 0 Å². The van der Waals surface area contributed by atoms with E-state index in [0.29, 0.717) is 40.8 Å². The minimum atomic E-state index is -0.335. The Morgan fingerprint density at radius 1 is 1.40 bits per heavy atom. The Balaban J connectivity index is 1.50. The number of amides is 1. The average Bonchev–Trinajstić information content (AvgIpc) is 3.01. The molecule has 1 amide bonds. The van der Waals surface area contributed by atoms with Crippen LogP contribution in [-0.2, 0) is 0 Å². The predicted octanol–water partition coefficient (Wildman–Crippen LogP) is 3.24. The van der Waals surface area contributed by atoms with E-state index in [9.17, 15) is 4.79 Å². The van der Waals surface area contributed by atoms with Crippen molar-refractivity contribution < 1.29 is 4.79 Å². The van der Waals surface area contributed by atoms with Crippen LogP contribution < -0.4 is 5.73 Å². The summed E-state index contributed by atoms with van der Waals surface area (Å²) >= 11 is 0. The lowest BCUT2D eigenvalue weighted by Crippen LogP contribution is -2.18. The lowest BCUT2D eigenvalue weighted by molar-refractivity contribution is 0.0998. The van der Waals surface area contributed by atoms with E-state index in [1.54, 1.807) is 6.20 Å². The smallest absolute Gasteiger partial charge is 0.248 e. The maximum atomic E-state index is 11.8. The van der Waals surface area contributed by atoms with Crippen LogP contribution in [0.25, 0.3) is 0 Å². The molecule has 1 heterocycles. The molecule has 0 spiro atoms. The number of benzene rings is 1. The molecule has 3 atom stereocenters. The Hall–Kier alpha value is -2.61. The van der Waals surface area contributed by atoms with Crippen molar-refractivity contribution >= 4 is 5.91 Å². The first-order valence-corrected chi connectivity index (χ1v) is 8.97. The zero-order valence-corrected chi connectivity index (χ0v) is 14.3.